The number of carbonyl (C=O) groups excluding carboxylic acids is 2. The summed E-state index contributed by atoms with van der Waals surface area (Å²) in [5, 5.41) is 10.1. The lowest BCUT2D eigenvalue weighted by Crippen LogP contribution is -2.45. The van der Waals surface area contributed by atoms with Gasteiger partial charge in [0, 0.05) is 24.8 Å². The van der Waals surface area contributed by atoms with Crippen LogP contribution >= 0.6 is 11.3 Å². The minimum atomic E-state index is -0.337. The molecule has 0 radical (unpaired) electrons. The standard InChI is InChI=1S/C23H24N6O3S/c30-21(27-13-3-2-9-24-11-13)20-19-18-16(8-10-25-22(18)33-20)29(23(31)28-19)14-6-7-17(26-12-14)32-15-4-1-5-15/h6-8,10,12-13,15,24H,1-5,9,11H2,(H,27,30)(H,28,31). The Morgan fingerprint density at radius 3 is 2.82 bits per heavy atom. The van der Waals surface area contributed by atoms with Crippen molar-refractivity contribution in [2.24, 2.45) is 0 Å². The van der Waals surface area contributed by atoms with E-state index in [9.17, 15) is 9.59 Å². The summed E-state index contributed by atoms with van der Waals surface area (Å²) in [6.07, 6.45) is 8.82. The summed E-state index contributed by atoms with van der Waals surface area (Å²) in [6.45, 7) is 1.73. The average Bonchev–Trinajstić information content (AvgIpc) is 3.17. The zero-order valence-electron chi connectivity index (χ0n) is 18.0. The van der Waals surface area contributed by atoms with Crippen molar-refractivity contribution in [1.29, 1.82) is 0 Å². The number of anilines is 3. The van der Waals surface area contributed by atoms with Crippen LogP contribution in [0, 0.1) is 0 Å². The highest BCUT2D eigenvalue weighted by atomic mass is 32.1. The lowest BCUT2D eigenvalue weighted by Gasteiger charge is -2.29. The second-order valence-corrected chi connectivity index (χ2v) is 9.62. The third-order valence-corrected chi connectivity index (χ3v) is 7.50. The highest BCUT2D eigenvalue weighted by Crippen LogP contribution is 2.45. The Labute approximate surface area is 194 Å². The van der Waals surface area contributed by atoms with Gasteiger partial charge in [0.1, 0.15) is 15.8 Å². The van der Waals surface area contributed by atoms with Crippen LogP contribution in [0.4, 0.5) is 21.9 Å². The Morgan fingerprint density at radius 2 is 2.09 bits per heavy atom. The zero-order valence-corrected chi connectivity index (χ0v) is 18.8. The van der Waals surface area contributed by atoms with Gasteiger partial charge < -0.3 is 20.7 Å². The largest absolute Gasteiger partial charge is 0.474 e. The van der Waals surface area contributed by atoms with Crippen molar-refractivity contribution in [2.45, 2.75) is 44.2 Å². The number of hydrogen-bond acceptors (Lipinski definition) is 7. The fourth-order valence-corrected chi connectivity index (χ4v) is 5.48. The van der Waals surface area contributed by atoms with Gasteiger partial charge in [0.25, 0.3) is 5.91 Å². The first kappa shape index (κ1) is 20.4. The molecule has 0 bridgehead atoms. The van der Waals surface area contributed by atoms with E-state index in [0.29, 0.717) is 32.6 Å². The molecule has 9 nitrogen and oxygen atoms in total. The van der Waals surface area contributed by atoms with Crippen molar-refractivity contribution in [3.05, 3.63) is 35.5 Å². The predicted molar refractivity (Wildman–Crippen MR) is 127 cm³/mol. The quantitative estimate of drug-likeness (QED) is 0.530. The normalized spacial score (nSPS) is 20.3. The molecule has 170 valence electrons. The first-order chi connectivity index (χ1) is 16.2. The number of amides is 3. The van der Waals surface area contributed by atoms with Gasteiger partial charge >= 0.3 is 6.03 Å². The number of hydrogen-bond donors (Lipinski definition) is 3. The maximum absolute atomic E-state index is 13.2. The number of nitrogens with one attached hydrogen (secondary N) is 3. The molecule has 5 heterocycles. The molecule has 2 fully saturated rings. The van der Waals surface area contributed by atoms with E-state index in [2.05, 4.69) is 25.9 Å². The minimum absolute atomic E-state index is 0.0821. The van der Waals surface area contributed by atoms with Gasteiger partial charge in [-0.3, -0.25) is 9.69 Å². The fraction of sp³-hybridized carbons (Fsp3) is 0.391. The first-order valence-electron chi connectivity index (χ1n) is 11.3. The van der Waals surface area contributed by atoms with Crippen LogP contribution in [-0.2, 0) is 0 Å². The lowest BCUT2D eigenvalue weighted by molar-refractivity contribution is 0.0935. The number of carbonyl (C=O) groups is 2. The van der Waals surface area contributed by atoms with Crippen LogP contribution < -0.4 is 25.6 Å². The molecule has 33 heavy (non-hydrogen) atoms. The Kier molecular flexibility index (Phi) is 5.11. The summed E-state index contributed by atoms with van der Waals surface area (Å²) in [4.78, 5) is 37.9. The van der Waals surface area contributed by atoms with Gasteiger partial charge in [-0.2, -0.15) is 0 Å². The molecule has 1 saturated heterocycles. The van der Waals surface area contributed by atoms with E-state index < -0.39 is 0 Å². The molecule has 2 aliphatic heterocycles. The number of thiophene rings is 1. The van der Waals surface area contributed by atoms with E-state index in [1.807, 2.05) is 6.07 Å². The number of urea groups is 1. The van der Waals surface area contributed by atoms with E-state index in [4.69, 9.17) is 4.74 Å². The van der Waals surface area contributed by atoms with E-state index in [1.165, 1.54) is 17.8 Å². The van der Waals surface area contributed by atoms with Gasteiger partial charge in [0.05, 0.1) is 28.6 Å². The summed E-state index contributed by atoms with van der Waals surface area (Å²) >= 11 is 1.30. The molecule has 1 unspecified atom stereocenters. The molecule has 6 rings (SSSR count). The molecule has 10 heteroatoms. The second-order valence-electron chi connectivity index (χ2n) is 8.62. The smallest absolute Gasteiger partial charge is 0.331 e. The maximum atomic E-state index is 13.2. The van der Waals surface area contributed by atoms with E-state index in [-0.39, 0.29) is 24.1 Å². The van der Waals surface area contributed by atoms with Gasteiger partial charge in [0.2, 0.25) is 5.88 Å². The molecule has 3 N–H and O–H groups in total. The van der Waals surface area contributed by atoms with Gasteiger partial charge in [0.15, 0.2) is 0 Å². The molecule has 1 aliphatic carbocycles. The number of pyridine rings is 2. The van der Waals surface area contributed by atoms with Crippen LogP contribution in [0.25, 0.3) is 10.2 Å². The molecular weight excluding hydrogens is 440 g/mol. The van der Waals surface area contributed by atoms with Crippen molar-refractivity contribution in [3.63, 3.8) is 0 Å². The highest BCUT2D eigenvalue weighted by Gasteiger charge is 2.33. The third kappa shape index (κ3) is 3.68. The highest BCUT2D eigenvalue weighted by molar-refractivity contribution is 7.21. The number of aromatic nitrogens is 2. The van der Waals surface area contributed by atoms with Crippen LogP contribution in [0.3, 0.4) is 0 Å². The van der Waals surface area contributed by atoms with Crippen LogP contribution in [0.2, 0.25) is 0 Å². The maximum Gasteiger partial charge on any atom is 0.331 e. The van der Waals surface area contributed by atoms with Crippen molar-refractivity contribution >= 4 is 50.6 Å². The number of nitrogens with zero attached hydrogens (tertiary/aromatic N) is 3. The summed E-state index contributed by atoms with van der Waals surface area (Å²) in [5.74, 6) is 0.383. The lowest BCUT2D eigenvalue weighted by atomic mass is 9.96. The van der Waals surface area contributed by atoms with Crippen molar-refractivity contribution in [1.82, 2.24) is 20.6 Å². The topological polar surface area (TPSA) is 108 Å². The van der Waals surface area contributed by atoms with Crippen molar-refractivity contribution in [2.75, 3.05) is 23.3 Å². The van der Waals surface area contributed by atoms with E-state index in [1.54, 1.807) is 29.4 Å². The number of ether oxygens (including phenoxy) is 1. The molecule has 3 aromatic rings. The summed E-state index contributed by atoms with van der Waals surface area (Å²) in [5.41, 5.74) is 1.83. The molecular formula is C23H24N6O3S. The summed E-state index contributed by atoms with van der Waals surface area (Å²) in [6, 6.07) is 5.16. The second kappa shape index (κ2) is 8.27. The Balaban J connectivity index is 1.32. The Bertz CT molecular complexity index is 1220. The molecule has 0 aromatic carbocycles. The van der Waals surface area contributed by atoms with Crippen LogP contribution in [0.15, 0.2) is 30.6 Å². The zero-order chi connectivity index (χ0) is 22.4. The van der Waals surface area contributed by atoms with Gasteiger partial charge in [-0.25, -0.2) is 14.8 Å². The molecule has 3 aliphatic rings. The predicted octanol–water partition coefficient (Wildman–Crippen LogP) is 3.79. The molecule has 3 amide bonds. The van der Waals surface area contributed by atoms with Gasteiger partial charge in [-0.15, -0.1) is 11.3 Å². The van der Waals surface area contributed by atoms with Gasteiger partial charge in [-0.1, -0.05) is 0 Å². The van der Waals surface area contributed by atoms with Crippen LogP contribution in [0.5, 0.6) is 5.88 Å². The van der Waals surface area contributed by atoms with Crippen LogP contribution in [-0.4, -0.2) is 47.1 Å². The summed E-state index contributed by atoms with van der Waals surface area (Å²) in [7, 11) is 0. The van der Waals surface area contributed by atoms with Crippen LogP contribution in [0.1, 0.15) is 41.8 Å². The number of piperidine rings is 1. The average molecular weight is 465 g/mol. The van der Waals surface area contributed by atoms with Crippen molar-refractivity contribution < 1.29 is 14.3 Å². The monoisotopic (exact) mass is 464 g/mol. The van der Waals surface area contributed by atoms with E-state index >= 15 is 0 Å². The van der Waals surface area contributed by atoms with E-state index in [0.717, 1.165) is 44.2 Å². The molecule has 0 spiro atoms. The van der Waals surface area contributed by atoms with Crippen molar-refractivity contribution in [3.8, 4) is 5.88 Å². The molecule has 1 saturated carbocycles. The third-order valence-electron chi connectivity index (χ3n) is 6.40. The van der Waals surface area contributed by atoms with Gasteiger partial charge in [-0.05, 0) is 50.8 Å². The SMILES string of the molecule is O=C(NC1CCCNC1)c1sc2nccc3c2c1NC(=O)N3c1ccc(OC2CCC2)nc1. The molecule has 3 aromatic heterocycles. The summed E-state index contributed by atoms with van der Waals surface area (Å²) < 4.78 is 5.84. The Hall–Kier alpha value is -3.24. The fourth-order valence-electron chi connectivity index (χ4n) is 4.46. The Morgan fingerprint density at radius 1 is 1.18 bits per heavy atom. The first-order valence-corrected chi connectivity index (χ1v) is 12.2. The minimum Gasteiger partial charge on any atom is -0.474 e. The molecule has 1 atom stereocenters. The number of rotatable bonds is 5.